The summed E-state index contributed by atoms with van der Waals surface area (Å²) in [4.78, 5) is 4.74. The Labute approximate surface area is 142 Å². The number of hydrogen-bond donors (Lipinski definition) is 0. The normalized spacial score (nSPS) is 13.4. The molecule has 4 nitrogen and oxygen atoms in total. The van der Waals surface area contributed by atoms with Crippen LogP contribution in [0.1, 0.15) is 39.5 Å². The van der Waals surface area contributed by atoms with Crippen molar-refractivity contribution >= 4 is 18.1 Å². The molecule has 0 aromatic rings. The van der Waals surface area contributed by atoms with Crippen LogP contribution in [0.3, 0.4) is 0 Å². The lowest BCUT2D eigenvalue weighted by Gasteiger charge is -2.30. The van der Waals surface area contributed by atoms with Gasteiger partial charge in [-0.15, -0.1) is 0 Å². The summed E-state index contributed by atoms with van der Waals surface area (Å²) in [5.74, 6) is 0.701. The predicted octanol–water partition coefficient (Wildman–Crippen LogP) is 2.69. The molecule has 0 bridgehead atoms. The van der Waals surface area contributed by atoms with Gasteiger partial charge < -0.3 is 8.85 Å². The predicted molar refractivity (Wildman–Crippen MR) is 103 cm³/mol. The van der Waals surface area contributed by atoms with Gasteiger partial charge in [0.25, 0.3) is 0 Å². The second-order valence-corrected chi connectivity index (χ2v) is 12.1. The molecule has 0 unspecified atom stereocenters. The quantitative estimate of drug-likeness (QED) is 0.274. The average molecular weight is 349 g/mol. The van der Waals surface area contributed by atoms with E-state index in [4.69, 9.17) is 8.85 Å². The van der Waals surface area contributed by atoms with E-state index in [-0.39, 0.29) is 9.52 Å². The van der Waals surface area contributed by atoms with Gasteiger partial charge in [0.2, 0.25) is 0 Å². The monoisotopic (exact) mass is 348 g/mol. The van der Waals surface area contributed by atoms with E-state index in [0.29, 0.717) is 5.79 Å². The van der Waals surface area contributed by atoms with Gasteiger partial charge >= 0.3 is 8.56 Å². The zero-order valence-electron chi connectivity index (χ0n) is 16.2. The molecule has 0 aliphatic carbocycles. The van der Waals surface area contributed by atoms with Crippen LogP contribution in [0.15, 0.2) is 0 Å². The molecule has 0 atom stereocenters. The smallest absolute Gasteiger partial charge is 0.334 e. The molecular formula is C16H40N2O2Si2. The van der Waals surface area contributed by atoms with E-state index in [0.717, 1.165) is 19.3 Å². The highest BCUT2D eigenvalue weighted by Crippen LogP contribution is 2.18. The van der Waals surface area contributed by atoms with Crippen LogP contribution in [0, 0.1) is 0 Å². The third kappa shape index (κ3) is 10.1. The van der Waals surface area contributed by atoms with E-state index in [2.05, 4.69) is 58.4 Å². The van der Waals surface area contributed by atoms with E-state index in [1.54, 1.807) is 0 Å². The van der Waals surface area contributed by atoms with Gasteiger partial charge in [0.1, 0.15) is 0 Å². The van der Waals surface area contributed by atoms with Gasteiger partial charge in [0.15, 0.2) is 0 Å². The molecule has 0 amide bonds. The summed E-state index contributed by atoms with van der Waals surface area (Å²) >= 11 is 0. The van der Waals surface area contributed by atoms with Crippen LogP contribution in [-0.2, 0) is 8.85 Å². The molecule has 0 heterocycles. The van der Waals surface area contributed by atoms with Crippen molar-refractivity contribution in [3.8, 4) is 0 Å². The standard InChI is InChI=1S/C16H40N2O2Si2/c1-8-19-22(7,20-9-2)15-13-11-10-12-14-21-16(17(3)4)18(5)6/h16H,8-15,21H2,1-7H3. The summed E-state index contributed by atoms with van der Waals surface area (Å²) in [6.45, 7) is 7.92. The molecule has 22 heavy (non-hydrogen) atoms. The third-order valence-corrected chi connectivity index (χ3v) is 10.1. The van der Waals surface area contributed by atoms with Crippen molar-refractivity contribution in [3.63, 3.8) is 0 Å². The maximum Gasteiger partial charge on any atom is 0.334 e. The molecule has 134 valence electrons. The largest absolute Gasteiger partial charge is 0.395 e. The van der Waals surface area contributed by atoms with Crippen LogP contribution < -0.4 is 0 Å². The molecule has 0 aromatic carbocycles. The summed E-state index contributed by atoms with van der Waals surface area (Å²) in [6, 6.07) is 2.59. The lowest BCUT2D eigenvalue weighted by atomic mass is 10.2. The highest BCUT2D eigenvalue weighted by atomic mass is 28.4. The Hall–Kier alpha value is 0.274. The first kappa shape index (κ1) is 22.3. The number of rotatable bonds is 14. The van der Waals surface area contributed by atoms with Gasteiger partial charge in [-0.2, -0.15) is 0 Å². The SMILES string of the molecule is CCO[Si](C)(CCCCCC[SiH2]C(N(C)C)N(C)C)OCC. The zero-order valence-corrected chi connectivity index (χ0v) is 18.6. The lowest BCUT2D eigenvalue weighted by molar-refractivity contribution is 0.188. The molecule has 0 spiro atoms. The van der Waals surface area contributed by atoms with Crippen molar-refractivity contribution in [2.45, 2.75) is 64.0 Å². The van der Waals surface area contributed by atoms with E-state index in [1.165, 1.54) is 31.7 Å². The summed E-state index contributed by atoms with van der Waals surface area (Å²) in [5, 5.41) is 0. The highest BCUT2D eigenvalue weighted by Gasteiger charge is 2.29. The van der Waals surface area contributed by atoms with E-state index >= 15 is 0 Å². The Morgan fingerprint density at radius 3 is 1.82 bits per heavy atom. The fourth-order valence-electron chi connectivity index (χ4n) is 3.08. The van der Waals surface area contributed by atoms with Crippen molar-refractivity contribution in [2.24, 2.45) is 0 Å². The van der Waals surface area contributed by atoms with Crippen molar-refractivity contribution in [1.82, 2.24) is 9.80 Å². The number of unbranched alkanes of at least 4 members (excludes halogenated alkanes) is 3. The van der Waals surface area contributed by atoms with Gasteiger partial charge in [-0.05, 0) is 54.6 Å². The first-order valence-corrected chi connectivity index (χ1v) is 13.3. The van der Waals surface area contributed by atoms with Gasteiger partial charge in [-0.25, -0.2) is 0 Å². The van der Waals surface area contributed by atoms with Crippen molar-refractivity contribution in [3.05, 3.63) is 0 Å². The minimum absolute atomic E-state index is 0.0364. The van der Waals surface area contributed by atoms with Crippen LogP contribution in [0.2, 0.25) is 18.6 Å². The molecule has 0 radical (unpaired) electrons. The minimum Gasteiger partial charge on any atom is -0.395 e. The molecule has 0 rings (SSSR count). The Kier molecular flexibility index (Phi) is 12.8. The second kappa shape index (κ2) is 12.7. The molecule has 0 aromatic heterocycles. The lowest BCUT2D eigenvalue weighted by Crippen LogP contribution is -2.44. The molecule has 0 saturated carbocycles. The van der Waals surface area contributed by atoms with Crippen LogP contribution in [-0.4, -0.2) is 75.1 Å². The summed E-state index contributed by atoms with van der Waals surface area (Å²) in [6.07, 6.45) is 5.34. The molecule has 0 aliphatic rings. The van der Waals surface area contributed by atoms with Crippen LogP contribution in [0.25, 0.3) is 0 Å². The van der Waals surface area contributed by atoms with Crippen LogP contribution in [0.5, 0.6) is 0 Å². The molecule has 0 fully saturated rings. The molecular weight excluding hydrogens is 308 g/mol. The third-order valence-electron chi connectivity index (χ3n) is 4.18. The fraction of sp³-hybridized carbons (Fsp3) is 1.00. The number of nitrogens with zero attached hydrogens (tertiary/aromatic N) is 2. The molecule has 0 saturated heterocycles. The van der Waals surface area contributed by atoms with Crippen LogP contribution >= 0.6 is 0 Å². The van der Waals surface area contributed by atoms with E-state index in [9.17, 15) is 0 Å². The average Bonchev–Trinajstić information content (AvgIpc) is 2.41. The van der Waals surface area contributed by atoms with Gasteiger partial charge in [-0.1, -0.05) is 31.7 Å². The van der Waals surface area contributed by atoms with Gasteiger partial charge in [-0.3, -0.25) is 9.80 Å². The Bertz CT molecular complexity index is 253. The fourth-order valence-corrected chi connectivity index (χ4v) is 7.60. The first-order chi connectivity index (χ1) is 10.4. The summed E-state index contributed by atoms with van der Waals surface area (Å²) in [7, 11) is 6.89. The van der Waals surface area contributed by atoms with Crippen molar-refractivity contribution < 1.29 is 8.85 Å². The summed E-state index contributed by atoms with van der Waals surface area (Å²) in [5.41, 5.74) is 0. The summed E-state index contributed by atoms with van der Waals surface area (Å²) < 4.78 is 11.8. The van der Waals surface area contributed by atoms with Gasteiger partial charge in [0, 0.05) is 19.0 Å². The Morgan fingerprint density at radius 2 is 1.36 bits per heavy atom. The Morgan fingerprint density at radius 1 is 0.864 bits per heavy atom. The van der Waals surface area contributed by atoms with E-state index in [1.807, 2.05) is 0 Å². The molecule has 6 heteroatoms. The first-order valence-electron chi connectivity index (χ1n) is 8.97. The Balaban J connectivity index is 3.76. The molecule has 0 aliphatic heterocycles. The second-order valence-electron chi connectivity index (χ2n) is 6.71. The topological polar surface area (TPSA) is 24.9 Å². The van der Waals surface area contributed by atoms with Crippen molar-refractivity contribution in [1.29, 1.82) is 0 Å². The van der Waals surface area contributed by atoms with Crippen LogP contribution in [0.4, 0.5) is 0 Å². The molecule has 0 N–H and O–H groups in total. The van der Waals surface area contributed by atoms with Crippen molar-refractivity contribution in [2.75, 3.05) is 41.4 Å². The van der Waals surface area contributed by atoms with Gasteiger partial charge in [0.05, 0.1) is 9.52 Å². The maximum absolute atomic E-state index is 5.89. The number of hydrogen-bond acceptors (Lipinski definition) is 4. The maximum atomic E-state index is 5.89. The minimum atomic E-state index is -1.87. The highest BCUT2D eigenvalue weighted by molar-refractivity contribution is 6.66. The zero-order chi connectivity index (χ0) is 17.0. The van der Waals surface area contributed by atoms with E-state index < -0.39 is 8.56 Å².